The van der Waals surface area contributed by atoms with E-state index in [-0.39, 0.29) is 25.3 Å². The highest BCUT2D eigenvalue weighted by molar-refractivity contribution is 7.92. The molecular formula is C13H27NO4S. The third-order valence-corrected chi connectivity index (χ3v) is 6.17. The van der Waals surface area contributed by atoms with Crippen LogP contribution in [0.15, 0.2) is 0 Å². The number of carbonyl (C=O) groups is 1. The fraction of sp³-hybridized carbons (Fsp3) is 0.923. The van der Waals surface area contributed by atoms with Crippen molar-refractivity contribution in [3.05, 3.63) is 0 Å². The smallest absolute Gasteiger partial charge is 0.313 e. The van der Waals surface area contributed by atoms with Gasteiger partial charge >= 0.3 is 5.97 Å². The molecule has 0 bridgehead atoms. The van der Waals surface area contributed by atoms with E-state index in [2.05, 4.69) is 0 Å². The Hall–Kier alpha value is -0.620. The molecule has 0 spiro atoms. The van der Waals surface area contributed by atoms with Crippen LogP contribution in [0.4, 0.5) is 0 Å². The summed E-state index contributed by atoms with van der Waals surface area (Å²) in [5, 5.41) is 0. The second-order valence-corrected chi connectivity index (χ2v) is 8.60. The van der Waals surface area contributed by atoms with Gasteiger partial charge in [-0.05, 0) is 40.5 Å². The molecule has 0 heterocycles. The Bertz CT molecular complexity index is 391. The van der Waals surface area contributed by atoms with Gasteiger partial charge in [-0.1, -0.05) is 6.92 Å². The van der Waals surface area contributed by atoms with E-state index >= 15 is 0 Å². The van der Waals surface area contributed by atoms with Gasteiger partial charge in [0.15, 0.2) is 9.84 Å². The first-order valence-corrected chi connectivity index (χ1v) is 8.31. The quantitative estimate of drug-likeness (QED) is 0.719. The van der Waals surface area contributed by atoms with Gasteiger partial charge in [-0.15, -0.1) is 0 Å². The predicted molar refractivity (Wildman–Crippen MR) is 76.6 cm³/mol. The lowest BCUT2D eigenvalue weighted by molar-refractivity contribution is -0.155. The second-order valence-electron chi connectivity index (χ2n) is 5.74. The van der Waals surface area contributed by atoms with Crippen LogP contribution in [0.5, 0.6) is 0 Å². The summed E-state index contributed by atoms with van der Waals surface area (Å²) in [4.78, 5) is 12.0. The average Bonchev–Trinajstić information content (AvgIpc) is 2.30. The van der Waals surface area contributed by atoms with Crippen LogP contribution in [0.1, 0.15) is 47.5 Å². The second kappa shape index (κ2) is 6.70. The van der Waals surface area contributed by atoms with Crippen molar-refractivity contribution in [3.8, 4) is 0 Å². The van der Waals surface area contributed by atoms with E-state index in [0.717, 1.165) is 0 Å². The van der Waals surface area contributed by atoms with Crippen LogP contribution in [0.2, 0.25) is 0 Å². The van der Waals surface area contributed by atoms with Gasteiger partial charge in [0, 0.05) is 6.54 Å². The third kappa shape index (κ3) is 4.45. The molecule has 0 saturated carbocycles. The zero-order chi connectivity index (χ0) is 15.3. The number of esters is 1. The van der Waals surface area contributed by atoms with E-state index < -0.39 is 26.0 Å². The molecule has 2 N–H and O–H groups in total. The zero-order valence-electron chi connectivity index (χ0n) is 12.7. The Morgan fingerprint density at radius 2 is 1.74 bits per heavy atom. The van der Waals surface area contributed by atoms with Gasteiger partial charge in [-0.25, -0.2) is 8.42 Å². The van der Waals surface area contributed by atoms with Gasteiger partial charge in [-0.3, -0.25) is 4.79 Å². The molecule has 0 aromatic carbocycles. The SMILES string of the molecule is CCOC(=O)C(CC)(CN)CCS(=O)(=O)C(C)(C)C. The van der Waals surface area contributed by atoms with Gasteiger partial charge in [0.25, 0.3) is 0 Å². The third-order valence-electron chi connectivity index (χ3n) is 3.56. The molecular weight excluding hydrogens is 266 g/mol. The summed E-state index contributed by atoms with van der Waals surface area (Å²) >= 11 is 0. The predicted octanol–water partition coefficient (Wildman–Crippen LogP) is 1.51. The van der Waals surface area contributed by atoms with Gasteiger partial charge in [0.05, 0.1) is 22.5 Å². The number of nitrogens with two attached hydrogens (primary N) is 1. The molecule has 0 fully saturated rings. The van der Waals surface area contributed by atoms with Crippen LogP contribution in [-0.2, 0) is 19.4 Å². The minimum absolute atomic E-state index is 0.0552. The Kier molecular flexibility index (Phi) is 6.48. The molecule has 0 aromatic rings. The molecule has 19 heavy (non-hydrogen) atoms. The van der Waals surface area contributed by atoms with E-state index in [9.17, 15) is 13.2 Å². The first-order chi connectivity index (χ1) is 8.56. The monoisotopic (exact) mass is 293 g/mol. The maximum absolute atomic E-state index is 12.1. The van der Waals surface area contributed by atoms with Crippen molar-refractivity contribution in [1.82, 2.24) is 0 Å². The van der Waals surface area contributed by atoms with Crippen LogP contribution in [0.3, 0.4) is 0 Å². The molecule has 0 aliphatic rings. The lowest BCUT2D eigenvalue weighted by Gasteiger charge is -2.30. The summed E-state index contributed by atoms with van der Waals surface area (Å²) in [5.74, 6) is -0.454. The Balaban J connectivity index is 5.03. The van der Waals surface area contributed by atoms with E-state index in [1.54, 1.807) is 27.7 Å². The molecule has 5 nitrogen and oxygen atoms in total. The highest BCUT2D eigenvalue weighted by Gasteiger charge is 2.39. The van der Waals surface area contributed by atoms with E-state index in [1.807, 2.05) is 6.92 Å². The van der Waals surface area contributed by atoms with Crippen LogP contribution in [0.25, 0.3) is 0 Å². The zero-order valence-corrected chi connectivity index (χ0v) is 13.5. The average molecular weight is 293 g/mol. The van der Waals surface area contributed by atoms with Crippen LogP contribution < -0.4 is 5.73 Å². The summed E-state index contributed by atoms with van der Waals surface area (Å²) in [6, 6.07) is 0. The molecule has 6 heteroatoms. The standard InChI is InChI=1S/C13H27NO4S/c1-6-13(10-14,11(15)18-7-2)8-9-19(16,17)12(3,4)5/h6-10,14H2,1-5H3. The van der Waals surface area contributed by atoms with Crippen molar-refractivity contribution >= 4 is 15.8 Å². The maximum atomic E-state index is 12.1. The molecule has 0 radical (unpaired) electrons. The number of carbonyl (C=O) groups excluding carboxylic acids is 1. The van der Waals surface area contributed by atoms with Crippen molar-refractivity contribution in [3.63, 3.8) is 0 Å². The van der Waals surface area contributed by atoms with E-state index in [4.69, 9.17) is 10.5 Å². The van der Waals surface area contributed by atoms with Crippen LogP contribution in [-0.4, -0.2) is 38.0 Å². The van der Waals surface area contributed by atoms with Gasteiger partial charge in [0.2, 0.25) is 0 Å². The van der Waals surface area contributed by atoms with Crippen molar-refractivity contribution in [2.24, 2.45) is 11.1 Å². The first kappa shape index (κ1) is 18.4. The summed E-state index contributed by atoms with van der Waals surface area (Å²) in [5.41, 5.74) is 4.80. The number of rotatable bonds is 7. The molecule has 0 aliphatic carbocycles. The largest absolute Gasteiger partial charge is 0.466 e. The highest BCUT2D eigenvalue weighted by atomic mass is 32.2. The fourth-order valence-corrected chi connectivity index (χ4v) is 2.94. The Morgan fingerprint density at radius 1 is 1.21 bits per heavy atom. The van der Waals surface area contributed by atoms with Crippen molar-refractivity contribution in [2.75, 3.05) is 18.9 Å². The van der Waals surface area contributed by atoms with Gasteiger partial charge in [0.1, 0.15) is 0 Å². The lowest BCUT2D eigenvalue weighted by atomic mass is 9.82. The minimum atomic E-state index is -3.26. The molecule has 0 amide bonds. The summed E-state index contributed by atoms with van der Waals surface area (Å²) in [6.07, 6.45) is 0.681. The summed E-state index contributed by atoms with van der Waals surface area (Å²) < 4.78 is 28.4. The van der Waals surface area contributed by atoms with Crippen molar-refractivity contribution in [1.29, 1.82) is 0 Å². The van der Waals surface area contributed by atoms with E-state index in [0.29, 0.717) is 6.42 Å². The summed E-state index contributed by atoms with van der Waals surface area (Å²) in [6.45, 7) is 8.89. The Labute approximate surface area is 116 Å². The lowest BCUT2D eigenvalue weighted by Crippen LogP contribution is -2.42. The molecule has 0 rings (SSSR count). The number of hydrogen-bond donors (Lipinski definition) is 1. The summed E-state index contributed by atoms with van der Waals surface area (Å²) in [7, 11) is -3.26. The maximum Gasteiger partial charge on any atom is 0.313 e. The normalized spacial score (nSPS) is 15.9. The number of sulfone groups is 1. The molecule has 1 atom stereocenters. The first-order valence-electron chi connectivity index (χ1n) is 6.66. The van der Waals surface area contributed by atoms with Crippen LogP contribution >= 0.6 is 0 Å². The number of hydrogen-bond acceptors (Lipinski definition) is 5. The highest BCUT2D eigenvalue weighted by Crippen LogP contribution is 2.30. The molecule has 0 saturated heterocycles. The van der Waals surface area contributed by atoms with Gasteiger partial charge < -0.3 is 10.5 Å². The minimum Gasteiger partial charge on any atom is -0.466 e. The van der Waals surface area contributed by atoms with Crippen LogP contribution in [0, 0.1) is 5.41 Å². The fourth-order valence-electron chi connectivity index (χ4n) is 1.67. The number of ether oxygens (including phenoxy) is 1. The van der Waals surface area contributed by atoms with Gasteiger partial charge in [-0.2, -0.15) is 0 Å². The molecule has 0 aliphatic heterocycles. The van der Waals surface area contributed by atoms with Crippen molar-refractivity contribution < 1.29 is 17.9 Å². The molecule has 114 valence electrons. The Morgan fingerprint density at radius 3 is 2.05 bits per heavy atom. The molecule has 1 unspecified atom stereocenters. The molecule has 0 aromatic heterocycles. The van der Waals surface area contributed by atoms with E-state index in [1.165, 1.54) is 0 Å². The van der Waals surface area contributed by atoms with Crippen molar-refractivity contribution in [2.45, 2.75) is 52.2 Å². The topological polar surface area (TPSA) is 86.5 Å².